The number of halogens is 1. The Hall–Kier alpha value is -1.92. The van der Waals surface area contributed by atoms with Crippen LogP contribution in [0.3, 0.4) is 0 Å². The number of hydrogen-bond donors (Lipinski definition) is 1. The molecule has 0 aliphatic carbocycles. The van der Waals surface area contributed by atoms with Gasteiger partial charge in [0, 0.05) is 37.6 Å². The number of carbonyl (C=O) groups is 1. The molecule has 2 fully saturated rings. The highest BCUT2D eigenvalue weighted by Crippen LogP contribution is 2.35. The van der Waals surface area contributed by atoms with Gasteiger partial charge in [-0.25, -0.2) is 4.39 Å². The number of likely N-dealkylation sites (tertiary alicyclic amines) is 1. The molecule has 2 aliphatic heterocycles. The molecule has 1 N–H and O–H groups in total. The summed E-state index contributed by atoms with van der Waals surface area (Å²) in [5.41, 5.74) is 0.905. The van der Waals surface area contributed by atoms with Crippen molar-refractivity contribution in [2.24, 2.45) is 7.05 Å². The minimum Gasteiger partial charge on any atom is -0.390 e. The van der Waals surface area contributed by atoms with Crippen LogP contribution in [-0.4, -0.2) is 51.9 Å². The van der Waals surface area contributed by atoms with Gasteiger partial charge in [-0.3, -0.25) is 4.79 Å². The number of aryl methyl sites for hydroxylation is 1. The molecule has 0 saturated carbocycles. The van der Waals surface area contributed by atoms with Crippen molar-refractivity contribution in [2.45, 2.75) is 37.4 Å². The van der Waals surface area contributed by atoms with E-state index in [9.17, 15) is 14.3 Å². The van der Waals surface area contributed by atoms with Crippen molar-refractivity contribution in [2.75, 3.05) is 19.7 Å². The summed E-state index contributed by atoms with van der Waals surface area (Å²) in [6.45, 7) is 1.80. The van der Waals surface area contributed by atoms with Gasteiger partial charge in [0.1, 0.15) is 11.5 Å². The molecule has 25 heavy (non-hydrogen) atoms. The molecule has 4 rings (SSSR count). The molecule has 2 aliphatic rings. The van der Waals surface area contributed by atoms with Crippen molar-refractivity contribution in [1.29, 1.82) is 0 Å². The summed E-state index contributed by atoms with van der Waals surface area (Å²) in [6, 6.07) is 6.29. The van der Waals surface area contributed by atoms with Crippen LogP contribution in [0.4, 0.5) is 4.39 Å². The van der Waals surface area contributed by atoms with Crippen LogP contribution in [0, 0.1) is 5.82 Å². The van der Waals surface area contributed by atoms with Gasteiger partial charge in [-0.2, -0.15) is 0 Å². The monoisotopic (exact) mass is 346 g/mol. The number of ether oxygens (including phenoxy) is 1. The fraction of sp³-hybridized carbons (Fsp3) is 0.526. The molecule has 1 aromatic carbocycles. The van der Waals surface area contributed by atoms with E-state index >= 15 is 0 Å². The molecule has 2 aromatic rings. The van der Waals surface area contributed by atoms with Crippen LogP contribution in [0.25, 0.3) is 10.9 Å². The molecule has 0 bridgehead atoms. The van der Waals surface area contributed by atoms with E-state index in [2.05, 4.69) is 0 Å². The quantitative estimate of drug-likeness (QED) is 0.863. The van der Waals surface area contributed by atoms with Crippen molar-refractivity contribution in [3.63, 3.8) is 0 Å². The summed E-state index contributed by atoms with van der Waals surface area (Å²) >= 11 is 0. The molecule has 1 unspecified atom stereocenters. The summed E-state index contributed by atoms with van der Waals surface area (Å²) in [5, 5.41) is 11.1. The van der Waals surface area contributed by atoms with Gasteiger partial charge in [0.15, 0.2) is 0 Å². The SMILES string of the molecule is Cn1c(C(=O)N2CCC3(CC2)OCCCC3O)cc2cc(F)ccc21. The highest BCUT2D eigenvalue weighted by Gasteiger charge is 2.44. The summed E-state index contributed by atoms with van der Waals surface area (Å²) in [4.78, 5) is 14.7. The molecule has 1 atom stereocenters. The van der Waals surface area contributed by atoms with Crippen LogP contribution in [0.15, 0.2) is 24.3 Å². The lowest BCUT2D eigenvalue weighted by molar-refractivity contribution is -0.174. The average Bonchev–Trinajstić information content (AvgIpc) is 2.94. The zero-order chi connectivity index (χ0) is 17.6. The Morgan fingerprint density at radius 2 is 2.08 bits per heavy atom. The number of aliphatic hydroxyl groups is 1. The van der Waals surface area contributed by atoms with E-state index in [1.165, 1.54) is 12.1 Å². The first-order valence-corrected chi connectivity index (χ1v) is 8.86. The van der Waals surface area contributed by atoms with E-state index in [-0.39, 0.29) is 11.7 Å². The molecular formula is C19H23FN2O3. The molecule has 0 radical (unpaired) electrons. The van der Waals surface area contributed by atoms with E-state index in [0.717, 1.165) is 23.7 Å². The highest BCUT2D eigenvalue weighted by atomic mass is 19.1. The second-order valence-corrected chi connectivity index (χ2v) is 7.16. The molecule has 134 valence electrons. The number of carbonyl (C=O) groups excluding carboxylic acids is 1. The molecule has 1 amide bonds. The molecule has 6 heteroatoms. The topological polar surface area (TPSA) is 54.7 Å². The third-order valence-corrected chi connectivity index (χ3v) is 5.74. The molecule has 2 saturated heterocycles. The van der Waals surface area contributed by atoms with Gasteiger partial charge in [-0.15, -0.1) is 0 Å². The molecular weight excluding hydrogens is 323 g/mol. The maximum absolute atomic E-state index is 13.4. The van der Waals surface area contributed by atoms with Crippen LogP contribution in [0.5, 0.6) is 0 Å². The predicted molar refractivity (Wildman–Crippen MR) is 91.9 cm³/mol. The number of amides is 1. The maximum atomic E-state index is 13.4. The second kappa shape index (κ2) is 6.11. The zero-order valence-electron chi connectivity index (χ0n) is 14.4. The van der Waals surface area contributed by atoms with Gasteiger partial charge in [0.05, 0.1) is 11.7 Å². The lowest BCUT2D eigenvalue weighted by Gasteiger charge is -2.46. The van der Waals surface area contributed by atoms with Gasteiger partial charge in [0.2, 0.25) is 0 Å². The van der Waals surface area contributed by atoms with Gasteiger partial charge in [-0.1, -0.05) is 0 Å². The summed E-state index contributed by atoms with van der Waals surface area (Å²) < 4.78 is 21.1. The molecule has 1 spiro atoms. The minimum atomic E-state index is -0.489. The van der Waals surface area contributed by atoms with Crippen molar-refractivity contribution >= 4 is 16.8 Å². The highest BCUT2D eigenvalue weighted by molar-refractivity contribution is 5.98. The number of hydrogen-bond acceptors (Lipinski definition) is 3. The fourth-order valence-corrected chi connectivity index (χ4v) is 4.16. The normalized spacial score (nSPS) is 23.3. The first-order chi connectivity index (χ1) is 12.0. The van der Waals surface area contributed by atoms with E-state index in [1.807, 2.05) is 11.6 Å². The number of rotatable bonds is 1. The number of piperidine rings is 1. The summed E-state index contributed by atoms with van der Waals surface area (Å²) in [6.07, 6.45) is 2.51. The Bertz CT molecular complexity index is 808. The van der Waals surface area contributed by atoms with Crippen molar-refractivity contribution < 1.29 is 19.0 Å². The standard InChI is InChI=1S/C19H23FN2O3/c1-21-15-5-4-14(20)11-13(15)12-16(21)18(24)22-8-6-19(7-9-22)17(23)3-2-10-25-19/h4-5,11-12,17,23H,2-3,6-10H2,1H3. The number of benzene rings is 1. The second-order valence-electron chi connectivity index (χ2n) is 7.16. The van der Waals surface area contributed by atoms with E-state index in [0.29, 0.717) is 38.2 Å². The average molecular weight is 346 g/mol. The first-order valence-electron chi connectivity index (χ1n) is 8.86. The Labute approximate surface area is 146 Å². The number of aliphatic hydroxyl groups excluding tert-OH is 1. The van der Waals surface area contributed by atoms with Crippen molar-refractivity contribution in [3.8, 4) is 0 Å². The van der Waals surface area contributed by atoms with Crippen LogP contribution in [0.1, 0.15) is 36.2 Å². The summed E-state index contributed by atoms with van der Waals surface area (Å²) in [5.74, 6) is -0.361. The minimum absolute atomic E-state index is 0.0562. The largest absolute Gasteiger partial charge is 0.390 e. The summed E-state index contributed by atoms with van der Waals surface area (Å²) in [7, 11) is 1.83. The van der Waals surface area contributed by atoms with Crippen LogP contribution in [0.2, 0.25) is 0 Å². The Morgan fingerprint density at radius 3 is 2.80 bits per heavy atom. The molecule has 5 nitrogen and oxygen atoms in total. The van der Waals surface area contributed by atoms with Crippen molar-refractivity contribution in [1.82, 2.24) is 9.47 Å². The van der Waals surface area contributed by atoms with Crippen LogP contribution >= 0.6 is 0 Å². The number of fused-ring (bicyclic) bond motifs is 1. The maximum Gasteiger partial charge on any atom is 0.270 e. The Morgan fingerprint density at radius 1 is 1.32 bits per heavy atom. The lowest BCUT2D eigenvalue weighted by Crippen LogP contribution is -2.56. The van der Waals surface area contributed by atoms with Gasteiger partial charge < -0.3 is 19.3 Å². The number of aromatic nitrogens is 1. The molecule has 3 heterocycles. The van der Waals surface area contributed by atoms with Crippen LogP contribution < -0.4 is 0 Å². The van der Waals surface area contributed by atoms with Crippen molar-refractivity contribution in [3.05, 3.63) is 35.8 Å². The zero-order valence-corrected chi connectivity index (χ0v) is 14.4. The lowest BCUT2D eigenvalue weighted by atomic mass is 9.82. The molecule has 1 aromatic heterocycles. The van der Waals surface area contributed by atoms with Gasteiger partial charge in [0.25, 0.3) is 5.91 Å². The Kier molecular flexibility index (Phi) is 4.04. The van der Waals surface area contributed by atoms with Gasteiger partial charge >= 0.3 is 0 Å². The van der Waals surface area contributed by atoms with Gasteiger partial charge in [-0.05, 0) is 49.9 Å². The van der Waals surface area contributed by atoms with Crippen LogP contribution in [-0.2, 0) is 11.8 Å². The third-order valence-electron chi connectivity index (χ3n) is 5.74. The fourth-order valence-electron chi connectivity index (χ4n) is 4.16. The van der Waals surface area contributed by atoms with E-state index < -0.39 is 11.7 Å². The van der Waals surface area contributed by atoms with E-state index in [1.54, 1.807) is 17.0 Å². The Balaban J connectivity index is 1.54. The first kappa shape index (κ1) is 16.5. The predicted octanol–water partition coefficient (Wildman–Crippen LogP) is 2.46. The van der Waals surface area contributed by atoms with E-state index in [4.69, 9.17) is 4.74 Å². The number of nitrogens with zero attached hydrogens (tertiary/aromatic N) is 2. The third kappa shape index (κ3) is 2.73. The smallest absolute Gasteiger partial charge is 0.270 e.